The molecule has 19 heavy (non-hydrogen) atoms. The molecule has 3 heteroatoms. The Balaban J connectivity index is 2.05. The van der Waals surface area contributed by atoms with E-state index in [0.29, 0.717) is 6.54 Å². The van der Waals surface area contributed by atoms with Gasteiger partial charge in [-0.05, 0) is 19.4 Å². The number of hydrogen-bond acceptors (Lipinski definition) is 2. The highest BCUT2D eigenvalue weighted by atomic mass is 16.6. The molecule has 1 aliphatic rings. The van der Waals surface area contributed by atoms with Crippen LogP contribution >= 0.6 is 0 Å². The normalized spacial score (nSPS) is 21.7. The van der Waals surface area contributed by atoms with Crippen molar-refractivity contribution in [2.24, 2.45) is 0 Å². The van der Waals surface area contributed by atoms with E-state index in [2.05, 4.69) is 6.58 Å². The van der Waals surface area contributed by atoms with E-state index >= 15 is 0 Å². The van der Waals surface area contributed by atoms with E-state index in [4.69, 9.17) is 4.74 Å². The first-order valence-corrected chi connectivity index (χ1v) is 6.38. The number of rotatable bonds is 4. The van der Waals surface area contributed by atoms with Crippen LogP contribution in [0.5, 0.6) is 0 Å². The first kappa shape index (κ1) is 13.4. The number of nitrogens with zero attached hydrogens (tertiary/aromatic N) is 1. The minimum absolute atomic E-state index is 0.0968. The van der Waals surface area contributed by atoms with Crippen molar-refractivity contribution in [1.82, 2.24) is 4.90 Å². The van der Waals surface area contributed by atoms with Crippen LogP contribution < -0.4 is 0 Å². The summed E-state index contributed by atoms with van der Waals surface area (Å²) in [4.78, 5) is 13.5. The zero-order valence-electron chi connectivity index (χ0n) is 11.4. The molecule has 100 valence electrons. The third kappa shape index (κ3) is 2.87. The van der Waals surface area contributed by atoms with E-state index in [1.807, 2.05) is 56.3 Å². The first-order chi connectivity index (χ1) is 9.04. The topological polar surface area (TPSA) is 29.5 Å². The van der Waals surface area contributed by atoms with Crippen LogP contribution in [-0.4, -0.2) is 29.2 Å². The van der Waals surface area contributed by atoms with Gasteiger partial charge in [-0.15, -0.1) is 6.58 Å². The van der Waals surface area contributed by atoms with Gasteiger partial charge >= 0.3 is 6.09 Å². The third-order valence-electron chi connectivity index (χ3n) is 3.27. The highest BCUT2D eigenvalue weighted by Gasteiger charge is 2.45. The smallest absolute Gasteiger partial charge is 0.411 e. The zero-order chi connectivity index (χ0) is 13.9. The molecule has 1 fully saturated rings. The molecule has 1 amide bonds. The van der Waals surface area contributed by atoms with Crippen molar-refractivity contribution in [2.75, 3.05) is 6.54 Å². The lowest BCUT2D eigenvalue weighted by atomic mass is 9.99. The number of hydrogen-bond donors (Lipinski definition) is 0. The van der Waals surface area contributed by atoms with Gasteiger partial charge in [0.25, 0.3) is 0 Å². The average Bonchev–Trinajstić information content (AvgIpc) is 2.59. The van der Waals surface area contributed by atoms with Gasteiger partial charge in [0.15, 0.2) is 0 Å². The molecule has 3 nitrogen and oxygen atoms in total. The maximum Gasteiger partial charge on any atom is 0.411 e. The molecule has 0 aromatic heterocycles. The lowest BCUT2D eigenvalue weighted by Gasteiger charge is -2.24. The molecule has 1 aliphatic heterocycles. The Morgan fingerprint density at radius 3 is 2.68 bits per heavy atom. The van der Waals surface area contributed by atoms with Gasteiger partial charge < -0.3 is 4.74 Å². The summed E-state index contributed by atoms with van der Waals surface area (Å²) in [6, 6.07) is 9.90. The van der Waals surface area contributed by atoms with Crippen molar-refractivity contribution in [3.05, 3.63) is 54.6 Å². The lowest BCUT2D eigenvalue weighted by Crippen LogP contribution is -2.39. The van der Waals surface area contributed by atoms with Crippen molar-refractivity contribution in [3.8, 4) is 0 Å². The van der Waals surface area contributed by atoms with Crippen LogP contribution in [0.15, 0.2) is 49.1 Å². The van der Waals surface area contributed by atoms with Crippen LogP contribution in [0.2, 0.25) is 0 Å². The van der Waals surface area contributed by atoms with E-state index in [1.165, 1.54) is 0 Å². The average molecular weight is 257 g/mol. The molecule has 0 bridgehead atoms. The van der Waals surface area contributed by atoms with Crippen LogP contribution in [0.1, 0.15) is 19.4 Å². The Labute approximate surface area is 114 Å². The molecular formula is C16H19NO2. The molecule has 1 atom stereocenters. The van der Waals surface area contributed by atoms with E-state index < -0.39 is 5.60 Å². The van der Waals surface area contributed by atoms with Crippen molar-refractivity contribution >= 4 is 12.2 Å². The summed E-state index contributed by atoms with van der Waals surface area (Å²) >= 11 is 0. The fraction of sp³-hybridized carbons (Fsp3) is 0.312. The van der Waals surface area contributed by atoms with Gasteiger partial charge in [0.2, 0.25) is 0 Å². The second-order valence-corrected chi connectivity index (χ2v) is 5.12. The maximum absolute atomic E-state index is 11.8. The molecule has 1 heterocycles. The van der Waals surface area contributed by atoms with Gasteiger partial charge in [0.05, 0.1) is 6.04 Å². The molecule has 0 saturated carbocycles. The summed E-state index contributed by atoms with van der Waals surface area (Å²) in [6.07, 6.45) is 5.45. The minimum atomic E-state index is -0.514. The van der Waals surface area contributed by atoms with E-state index in [1.54, 1.807) is 11.0 Å². The van der Waals surface area contributed by atoms with Crippen LogP contribution in [0, 0.1) is 0 Å². The minimum Gasteiger partial charge on any atom is -0.441 e. The van der Waals surface area contributed by atoms with Crippen LogP contribution in [0.3, 0.4) is 0 Å². The molecule has 0 aliphatic carbocycles. The summed E-state index contributed by atoms with van der Waals surface area (Å²) in [7, 11) is 0. The number of ether oxygens (including phenoxy) is 1. The SMILES string of the molecule is C=CC1N(C/C=C/c2ccccc2)C(=O)OC1(C)C. The van der Waals surface area contributed by atoms with Gasteiger partial charge in [-0.2, -0.15) is 0 Å². The van der Waals surface area contributed by atoms with Gasteiger partial charge in [0.1, 0.15) is 5.60 Å². The molecule has 2 rings (SSSR count). The predicted molar refractivity (Wildman–Crippen MR) is 76.7 cm³/mol. The summed E-state index contributed by atoms with van der Waals surface area (Å²) in [5.74, 6) is 0. The number of carbonyl (C=O) groups is 1. The Bertz CT molecular complexity index is 491. The first-order valence-electron chi connectivity index (χ1n) is 6.38. The zero-order valence-corrected chi connectivity index (χ0v) is 11.4. The predicted octanol–water partition coefficient (Wildman–Crippen LogP) is 3.49. The van der Waals surface area contributed by atoms with Crippen molar-refractivity contribution < 1.29 is 9.53 Å². The molecule has 1 unspecified atom stereocenters. The Morgan fingerprint density at radius 1 is 1.37 bits per heavy atom. The van der Waals surface area contributed by atoms with Gasteiger partial charge in [-0.3, -0.25) is 4.90 Å². The Kier molecular flexibility index (Phi) is 3.74. The molecule has 1 aromatic rings. The van der Waals surface area contributed by atoms with E-state index in [-0.39, 0.29) is 12.1 Å². The Morgan fingerprint density at radius 2 is 2.05 bits per heavy atom. The fourth-order valence-electron chi connectivity index (χ4n) is 2.30. The molecule has 1 saturated heterocycles. The van der Waals surface area contributed by atoms with E-state index in [9.17, 15) is 4.79 Å². The van der Waals surface area contributed by atoms with Gasteiger partial charge in [0, 0.05) is 6.54 Å². The largest absolute Gasteiger partial charge is 0.441 e. The summed E-state index contributed by atoms with van der Waals surface area (Å²) < 4.78 is 5.35. The number of amides is 1. The number of benzene rings is 1. The van der Waals surface area contributed by atoms with Crippen molar-refractivity contribution in [1.29, 1.82) is 0 Å². The summed E-state index contributed by atoms with van der Waals surface area (Å²) in [5.41, 5.74) is 0.601. The highest BCUT2D eigenvalue weighted by molar-refractivity contribution is 5.72. The van der Waals surface area contributed by atoms with Gasteiger partial charge in [-0.1, -0.05) is 48.6 Å². The van der Waals surface area contributed by atoms with Gasteiger partial charge in [-0.25, -0.2) is 4.79 Å². The van der Waals surface area contributed by atoms with Crippen molar-refractivity contribution in [2.45, 2.75) is 25.5 Å². The summed E-state index contributed by atoms with van der Waals surface area (Å²) in [6.45, 7) is 8.11. The van der Waals surface area contributed by atoms with Crippen LogP contribution in [0.25, 0.3) is 6.08 Å². The second kappa shape index (κ2) is 5.31. The van der Waals surface area contributed by atoms with E-state index in [0.717, 1.165) is 5.56 Å². The third-order valence-corrected chi connectivity index (χ3v) is 3.27. The second-order valence-electron chi connectivity index (χ2n) is 5.12. The molecule has 1 aromatic carbocycles. The van der Waals surface area contributed by atoms with Crippen molar-refractivity contribution in [3.63, 3.8) is 0 Å². The van der Waals surface area contributed by atoms with Crippen LogP contribution in [-0.2, 0) is 4.74 Å². The molecular weight excluding hydrogens is 238 g/mol. The quantitative estimate of drug-likeness (QED) is 0.773. The molecule has 0 radical (unpaired) electrons. The molecule has 0 N–H and O–H groups in total. The fourth-order valence-corrected chi connectivity index (χ4v) is 2.30. The Hall–Kier alpha value is -2.03. The highest BCUT2D eigenvalue weighted by Crippen LogP contribution is 2.29. The number of carbonyl (C=O) groups excluding carboxylic acids is 1. The monoisotopic (exact) mass is 257 g/mol. The lowest BCUT2D eigenvalue weighted by molar-refractivity contribution is 0.0765. The van der Waals surface area contributed by atoms with Crippen LogP contribution in [0.4, 0.5) is 4.79 Å². The molecule has 0 spiro atoms. The number of cyclic esters (lactones) is 1. The standard InChI is InChI=1S/C16H19NO2/c1-4-14-16(2,3)19-15(18)17(14)12-8-11-13-9-6-5-7-10-13/h4-11,14H,1,12H2,2-3H3/b11-8+. The summed E-state index contributed by atoms with van der Waals surface area (Å²) in [5, 5.41) is 0. The maximum atomic E-state index is 11.8.